The van der Waals surface area contributed by atoms with Crippen molar-refractivity contribution in [3.8, 4) is 0 Å². The number of carbonyl (C=O) groups is 2. The standard InChI is InChI=1S/C11H15NO2/c1-11(2)6-5-8(7-11)12-9(13)3-4-10(12)14/h3-4,8H,5-7H2,1-2H3. The van der Waals surface area contributed by atoms with Crippen LogP contribution in [0.2, 0.25) is 0 Å². The molecule has 2 aliphatic rings. The molecule has 0 radical (unpaired) electrons. The lowest BCUT2D eigenvalue weighted by Crippen LogP contribution is -2.38. The Hall–Kier alpha value is -1.12. The van der Waals surface area contributed by atoms with Crippen LogP contribution in [0.4, 0.5) is 0 Å². The van der Waals surface area contributed by atoms with Crippen molar-refractivity contribution in [2.75, 3.05) is 0 Å². The lowest BCUT2D eigenvalue weighted by atomic mass is 9.91. The van der Waals surface area contributed by atoms with Crippen LogP contribution in [0.1, 0.15) is 33.1 Å². The van der Waals surface area contributed by atoms with Crippen molar-refractivity contribution in [1.82, 2.24) is 4.90 Å². The van der Waals surface area contributed by atoms with Crippen LogP contribution in [0.3, 0.4) is 0 Å². The van der Waals surface area contributed by atoms with Crippen molar-refractivity contribution >= 4 is 11.8 Å². The molecule has 1 aliphatic heterocycles. The van der Waals surface area contributed by atoms with Gasteiger partial charge in [-0.05, 0) is 24.7 Å². The van der Waals surface area contributed by atoms with Crippen LogP contribution >= 0.6 is 0 Å². The minimum atomic E-state index is -0.141. The summed E-state index contributed by atoms with van der Waals surface area (Å²) in [6.07, 6.45) is 5.72. The number of carbonyl (C=O) groups excluding carboxylic acids is 2. The Morgan fingerprint density at radius 3 is 2.29 bits per heavy atom. The minimum Gasteiger partial charge on any atom is -0.272 e. The largest absolute Gasteiger partial charge is 0.272 e. The fourth-order valence-corrected chi connectivity index (χ4v) is 2.39. The van der Waals surface area contributed by atoms with Gasteiger partial charge in [0, 0.05) is 18.2 Å². The summed E-state index contributed by atoms with van der Waals surface area (Å²) in [7, 11) is 0. The van der Waals surface area contributed by atoms with Gasteiger partial charge in [0.15, 0.2) is 0 Å². The van der Waals surface area contributed by atoms with Crippen molar-refractivity contribution in [3.05, 3.63) is 12.2 Å². The van der Waals surface area contributed by atoms with E-state index in [1.165, 1.54) is 17.1 Å². The summed E-state index contributed by atoms with van der Waals surface area (Å²) in [5.74, 6) is -0.282. The van der Waals surface area contributed by atoms with Gasteiger partial charge in [-0.3, -0.25) is 14.5 Å². The first kappa shape index (κ1) is 9.44. The Kier molecular flexibility index (Phi) is 1.98. The second kappa shape index (κ2) is 2.94. The molecule has 1 fully saturated rings. The van der Waals surface area contributed by atoms with Gasteiger partial charge < -0.3 is 0 Å². The van der Waals surface area contributed by atoms with E-state index in [1.54, 1.807) is 0 Å². The van der Waals surface area contributed by atoms with Crippen LogP contribution in [0, 0.1) is 5.41 Å². The van der Waals surface area contributed by atoms with Gasteiger partial charge in [0.05, 0.1) is 0 Å². The zero-order chi connectivity index (χ0) is 10.3. The summed E-state index contributed by atoms with van der Waals surface area (Å²) >= 11 is 0. The van der Waals surface area contributed by atoms with E-state index >= 15 is 0 Å². The highest BCUT2D eigenvalue weighted by atomic mass is 16.2. The van der Waals surface area contributed by atoms with E-state index in [0.717, 1.165) is 19.3 Å². The molecule has 1 aliphatic carbocycles. The zero-order valence-corrected chi connectivity index (χ0v) is 8.62. The van der Waals surface area contributed by atoms with Gasteiger partial charge in [0.1, 0.15) is 0 Å². The predicted octanol–water partition coefficient (Wildman–Crippen LogP) is 1.49. The van der Waals surface area contributed by atoms with Gasteiger partial charge >= 0.3 is 0 Å². The van der Waals surface area contributed by atoms with Gasteiger partial charge in [-0.25, -0.2) is 0 Å². The minimum absolute atomic E-state index is 0.125. The summed E-state index contributed by atoms with van der Waals surface area (Å²) in [6.45, 7) is 4.37. The molecule has 0 N–H and O–H groups in total. The first-order chi connectivity index (χ1) is 6.49. The van der Waals surface area contributed by atoms with Crippen LogP contribution in [0.5, 0.6) is 0 Å². The third-order valence-electron chi connectivity index (χ3n) is 3.15. The Bertz CT molecular complexity index is 299. The molecule has 3 nitrogen and oxygen atoms in total. The van der Waals surface area contributed by atoms with Gasteiger partial charge in [0.25, 0.3) is 11.8 Å². The van der Waals surface area contributed by atoms with Gasteiger partial charge in [-0.1, -0.05) is 13.8 Å². The monoisotopic (exact) mass is 193 g/mol. The highest BCUT2D eigenvalue weighted by Gasteiger charge is 2.39. The van der Waals surface area contributed by atoms with Crippen molar-refractivity contribution in [2.45, 2.75) is 39.2 Å². The number of rotatable bonds is 1. The van der Waals surface area contributed by atoms with Crippen LogP contribution < -0.4 is 0 Å². The second-order valence-electron chi connectivity index (χ2n) is 4.94. The fourth-order valence-electron chi connectivity index (χ4n) is 2.39. The molecular weight excluding hydrogens is 178 g/mol. The SMILES string of the molecule is CC1(C)CCC(N2C(=O)C=CC2=O)C1. The van der Waals surface area contributed by atoms with Crippen molar-refractivity contribution in [2.24, 2.45) is 5.41 Å². The lowest BCUT2D eigenvalue weighted by Gasteiger charge is -2.23. The Morgan fingerprint density at radius 1 is 1.29 bits per heavy atom. The van der Waals surface area contributed by atoms with Crippen molar-refractivity contribution in [1.29, 1.82) is 0 Å². The number of imide groups is 1. The molecule has 0 saturated heterocycles. The van der Waals surface area contributed by atoms with Crippen LogP contribution in [0.25, 0.3) is 0 Å². The van der Waals surface area contributed by atoms with Gasteiger partial charge in [-0.2, -0.15) is 0 Å². The summed E-state index contributed by atoms with van der Waals surface area (Å²) in [6, 6.07) is 0.125. The number of hydrogen-bond donors (Lipinski definition) is 0. The van der Waals surface area contributed by atoms with E-state index in [2.05, 4.69) is 13.8 Å². The molecule has 0 aromatic carbocycles. The van der Waals surface area contributed by atoms with Crippen LogP contribution in [0.15, 0.2) is 12.2 Å². The second-order valence-corrected chi connectivity index (χ2v) is 4.94. The molecule has 3 heteroatoms. The summed E-state index contributed by atoms with van der Waals surface area (Å²) in [5, 5.41) is 0. The van der Waals surface area contributed by atoms with Crippen molar-refractivity contribution < 1.29 is 9.59 Å². The molecule has 0 spiro atoms. The molecular formula is C11H15NO2. The molecule has 0 aromatic rings. The Morgan fingerprint density at radius 2 is 1.86 bits per heavy atom. The number of hydrogen-bond acceptors (Lipinski definition) is 2. The van der Waals surface area contributed by atoms with E-state index in [4.69, 9.17) is 0 Å². The summed E-state index contributed by atoms with van der Waals surface area (Å²) < 4.78 is 0. The van der Waals surface area contributed by atoms with Gasteiger partial charge in [0.2, 0.25) is 0 Å². The topological polar surface area (TPSA) is 37.4 Å². The maximum atomic E-state index is 11.4. The number of amides is 2. The van der Waals surface area contributed by atoms with Crippen molar-refractivity contribution in [3.63, 3.8) is 0 Å². The number of nitrogens with zero attached hydrogens (tertiary/aromatic N) is 1. The summed E-state index contributed by atoms with van der Waals surface area (Å²) in [4.78, 5) is 24.2. The molecule has 76 valence electrons. The van der Waals surface area contributed by atoms with E-state index in [0.29, 0.717) is 0 Å². The smallest absolute Gasteiger partial charge is 0.253 e. The maximum Gasteiger partial charge on any atom is 0.253 e. The van der Waals surface area contributed by atoms with E-state index in [-0.39, 0.29) is 23.3 Å². The van der Waals surface area contributed by atoms with E-state index in [9.17, 15) is 9.59 Å². The molecule has 0 aromatic heterocycles. The highest BCUT2D eigenvalue weighted by molar-refractivity contribution is 6.13. The summed E-state index contributed by atoms with van der Waals surface area (Å²) in [5.41, 5.74) is 0.272. The first-order valence-electron chi connectivity index (χ1n) is 5.05. The quantitative estimate of drug-likeness (QED) is 0.592. The Balaban J connectivity index is 2.11. The molecule has 2 amide bonds. The van der Waals surface area contributed by atoms with Crippen LogP contribution in [-0.4, -0.2) is 22.8 Å². The third kappa shape index (κ3) is 1.47. The lowest BCUT2D eigenvalue weighted by molar-refractivity contribution is -0.139. The average Bonchev–Trinajstić information content (AvgIpc) is 2.56. The third-order valence-corrected chi connectivity index (χ3v) is 3.15. The molecule has 0 bridgehead atoms. The molecule has 1 saturated carbocycles. The van der Waals surface area contributed by atoms with E-state index in [1.807, 2.05) is 0 Å². The molecule has 1 heterocycles. The molecule has 14 heavy (non-hydrogen) atoms. The molecule has 1 atom stereocenters. The average molecular weight is 193 g/mol. The zero-order valence-electron chi connectivity index (χ0n) is 8.62. The Labute approximate surface area is 83.8 Å². The normalized spacial score (nSPS) is 30.4. The van der Waals surface area contributed by atoms with Gasteiger partial charge in [-0.15, -0.1) is 0 Å². The first-order valence-corrected chi connectivity index (χ1v) is 5.05. The maximum absolute atomic E-state index is 11.4. The molecule has 2 rings (SSSR count). The van der Waals surface area contributed by atoms with Crippen LogP contribution in [-0.2, 0) is 9.59 Å². The molecule has 1 unspecified atom stereocenters. The predicted molar refractivity (Wildman–Crippen MR) is 52.4 cm³/mol. The highest BCUT2D eigenvalue weighted by Crippen LogP contribution is 2.40. The fraction of sp³-hybridized carbons (Fsp3) is 0.636. The van der Waals surface area contributed by atoms with E-state index < -0.39 is 0 Å².